The first kappa shape index (κ1) is 40.0. The van der Waals surface area contributed by atoms with E-state index in [1.807, 2.05) is 96.0 Å². The second-order valence-electron chi connectivity index (χ2n) is 10.2. The van der Waals surface area contributed by atoms with E-state index >= 15 is 0 Å². The Bertz CT molecular complexity index is 1500. The maximum atomic E-state index is 12.3. The van der Waals surface area contributed by atoms with E-state index in [0.717, 1.165) is 46.6 Å². The molecule has 4 aromatic rings. The lowest BCUT2D eigenvalue weighted by Crippen LogP contribution is -2.32. The van der Waals surface area contributed by atoms with Crippen LogP contribution in [0.25, 0.3) is 22.4 Å². The van der Waals surface area contributed by atoms with E-state index in [9.17, 15) is 14.4 Å². The summed E-state index contributed by atoms with van der Waals surface area (Å²) in [5.74, 6) is -0.247. The van der Waals surface area contributed by atoms with Crippen LogP contribution in [0.15, 0.2) is 60.2 Å². The number of anilines is 1. The van der Waals surface area contributed by atoms with Crippen LogP contribution >= 0.6 is 11.3 Å². The predicted molar refractivity (Wildman–Crippen MR) is 195 cm³/mol. The minimum absolute atomic E-state index is 0.134. The van der Waals surface area contributed by atoms with Crippen molar-refractivity contribution in [2.75, 3.05) is 11.9 Å². The summed E-state index contributed by atoms with van der Waals surface area (Å²) < 4.78 is 1.86. The number of carbonyl (C=O) groups is 3. The van der Waals surface area contributed by atoms with Gasteiger partial charge in [-0.05, 0) is 55.7 Å². The lowest BCUT2D eigenvalue weighted by molar-refractivity contribution is -0.118. The Morgan fingerprint density at radius 3 is 2.15 bits per heavy atom. The van der Waals surface area contributed by atoms with Crippen molar-refractivity contribution in [2.24, 2.45) is 0 Å². The number of aromatic nitrogens is 3. The summed E-state index contributed by atoms with van der Waals surface area (Å²) in [6.07, 6.45) is 8.62. The van der Waals surface area contributed by atoms with Crippen LogP contribution in [0.1, 0.15) is 95.4 Å². The van der Waals surface area contributed by atoms with Crippen LogP contribution in [0, 0.1) is 13.8 Å². The van der Waals surface area contributed by atoms with Crippen molar-refractivity contribution in [2.45, 2.75) is 94.3 Å². The molecule has 0 unspecified atom stereocenters. The molecule has 0 bridgehead atoms. The number of rotatable bonds is 11. The highest BCUT2D eigenvalue weighted by atomic mass is 32.1. The first-order valence-corrected chi connectivity index (χ1v) is 17.1. The number of hydrogen-bond donors (Lipinski definition) is 2. The fourth-order valence-corrected chi connectivity index (χ4v) is 4.66. The molecule has 0 aliphatic heterocycles. The molecule has 0 atom stereocenters. The average molecular weight is 645 g/mol. The van der Waals surface area contributed by atoms with Crippen molar-refractivity contribution in [3.8, 4) is 22.4 Å². The van der Waals surface area contributed by atoms with Crippen LogP contribution < -0.4 is 10.6 Å². The van der Waals surface area contributed by atoms with Gasteiger partial charge in [-0.15, -0.1) is 11.3 Å². The normalized spacial score (nSPS) is 9.76. The Kier molecular flexibility index (Phi) is 19.5. The number of amides is 2. The predicted octanol–water partition coefficient (Wildman–Crippen LogP) is 8.77. The molecule has 0 fully saturated rings. The second-order valence-corrected chi connectivity index (χ2v) is 11.1. The zero-order valence-electron chi connectivity index (χ0n) is 29.1. The molecule has 8 nitrogen and oxygen atoms in total. The number of aryl methyl sites for hydroxylation is 2. The van der Waals surface area contributed by atoms with E-state index in [1.165, 1.54) is 24.2 Å². The van der Waals surface area contributed by atoms with Gasteiger partial charge in [0.2, 0.25) is 13.3 Å². The van der Waals surface area contributed by atoms with Crippen molar-refractivity contribution in [1.29, 1.82) is 0 Å². The first-order valence-electron chi connectivity index (χ1n) is 16.2. The molecule has 247 valence electrons. The fraction of sp³-hybridized carbons (Fsp3) is 0.417. The monoisotopic (exact) mass is 644 g/mol. The van der Waals surface area contributed by atoms with Crippen LogP contribution in [-0.2, 0) is 9.59 Å². The highest BCUT2D eigenvalue weighted by molar-refractivity contribution is 7.14. The van der Waals surface area contributed by atoms with Gasteiger partial charge in [0.15, 0.2) is 5.13 Å². The number of pyridine rings is 1. The molecule has 1 aromatic carbocycles. The lowest BCUT2D eigenvalue weighted by Gasteiger charge is -2.05. The molecule has 2 amide bonds. The van der Waals surface area contributed by atoms with E-state index < -0.39 is 0 Å². The number of nitrogens with zero attached hydrogens (tertiary/aromatic N) is 3. The molecule has 0 saturated heterocycles. The number of ketones is 1. The highest BCUT2D eigenvalue weighted by Gasteiger charge is 2.13. The molecule has 3 aromatic heterocycles. The lowest BCUT2D eigenvalue weighted by atomic mass is 9.99. The summed E-state index contributed by atoms with van der Waals surface area (Å²) in [7, 11) is 1.87. The topological polar surface area (TPSA) is 106 Å². The van der Waals surface area contributed by atoms with Crippen molar-refractivity contribution in [1.82, 2.24) is 19.8 Å². The number of hydrogen-bond acceptors (Lipinski definition) is 6. The highest BCUT2D eigenvalue weighted by Crippen LogP contribution is 2.29. The van der Waals surface area contributed by atoms with Crippen LogP contribution in [0.5, 0.6) is 0 Å². The summed E-state index contributed by atoms with van der Waals surface area (Å²) in [6, 6.07) is 13.9. The zero-order chi connectivity index (χ0) is 34.5. The number of nitrogens with one attached hydrogen (secondary N) is 2. The SMILES string of the molecule is CC.CCCC.CCCC(=O)CC.C[B]n1cc(C(=O)NCC(=O)Nc2nc(-c3cccc(-c4ccnc(C)c4)c3)cs2)cc1C. The molecule has 4 rings (SSSR count). The molecule has 3 heterocycles. The van der Waals surface area contributed by atoms with Gasteiger partial charge in [-0.2, -0.15) is 0 Å². The Morgan fingerprint density at radius 1 is 0.913 bits per heavy atom. The number of benzene rings is 1. The van der Waals surface area contributed by atoms with Gasteiger partial charge < -0.3 is 15.1 Å². The van der Waals surface area contributed by atoms with Gasteiger partial charge in [-0.25, -0.2) is 4.98 Å². The Hall–Kier alpha value is -4.05. The van der Waals surface area contributed by atoms with Gasteiger partial charge in [0.25, 0.3) is 5.91 Å². The van der Waals surface area contributed by atoms with Gasteiger partial charge in [-0.3, -0.25) is 19.4 Å². The maximum Gasteiger partial charge on any atom is 0.253 e. The number of carbonyl (C=O) groups excluding carboxylic acids is 3. The van der Waals surface area contributed by atoms with Crippen molar-refractivity contribution < 1.29 is 14.4 Å². The average Bonchev–Trinajstić information content (AvgIpc) is 3.71. The number of thiazole rings is 1. The third kappa shape index (κ3) is 13.9. The Morgan fingerprint density at radius 2 is 1.59 bits per heavy atom. The van der Waals surface area contributed by atoms with Crippen molar-refractivity contribution in [3.05, 3.63) is 77.2 Å². The summed E-state index contributed by atoms with van der Waals surface area (Å²) in [5, 5.41) is 7.78. The standard InChI is InChI=1S/C24H23BN5O2S.C6H12O.C4H10.C2H6/c1-15-9-18(7-8-26-15)17-5-4-6-19(11-17)21-14-33-24(28-21)29-22(31)12-27-23(32)20-10-16(2)30(13-20)25-3;1-3-5-6(7)4-2;1-3-4-2;1-2/h4-11,13-14H,12H2,1-3H3,(H,27,32)(H,28,29,31);3-5H2,1-2H3;3-4H2,1-2H3;1-2H3. The molecule has 0 spiro atoms. The fourth-order valence-electron chi connectivity index (χ4n) is 3.92. The molecule has 2 N–H and O–H groups in total. The van der Waals surface area contributed by atoms with E-state index in [1.54, 1.807) is 18.5 Å². The molecule has 0 aliphatic rings. The quantitative estimate of drug-likeness (QED) is 0.159. The van der Waals surface area contributed by atoms with Crippen molar-refractivity contribution in [3.63, 3.8) is 0 Å². The van der Waals surface area contributed by atoms with Crippen molar-refractivity contribution >= 4 is 41.5 Å². The maximum absolute atomic E-state index is 12.3. The molecular weight excluding hydrogens is 593 g/mol. The minimum Gasteiger partial charge on any atom is -0.400 e. The molecule has 10 heteroatoms. The molecule has 0 aliphatic carbocycles. The largest absolute Gasteiger partial charge is 0.400 e. The third-order valence-corrected chi connectivity index (χ3v) is 7.32. The molecule has 1 radical (unpaired) electrons. The van der Waals surface area contributed by atoms with Gasteiger partial charge in [0.05, 0.1) is 17.8 Å². The van der Waals surface area contributed by atoms with Crippen LogP contribution in [0.4, 0.5) is 5.13 Å². The van der Waals surface area contributed by atoms with Gasteiger partial charge >= 0.3 is 0 Å². The molecular formula is C36H51BN5O3S. The third-order valence-electron chi connectivity index (χ3n) is 6.56. The van der Waals surface area contributed by atoms with E-state index in [-0.39, 0.29) is 18.4 Å². The molecule has 46 heavy (non-hydrogen) atoms. The Labute approximate surface area is 280 Å². The Balaban J connectivity index is 0.000000694. The summed E-state index contributed by atoms with van der Waals surface area (Å²) in [5.41, 5.74) is 6.32. The smallest absolute Gasteiger partial charge is 0.253 e. The summed E-state index contributed by atoms with van der Waals surface area (Å²) in [6.45, 7) is 17.9. The minimum atomic E-state index is -0.330. The zero-order valence-corrected chi connectivity index (χ0v) is 29.9. The summed E-state index contributed by atoms with van der Waals surface area (Å²) in [4.78, 5) is 43.8. The summed E-state index contributed by atoms with van der Waals surface area (Å²) >= 11 is 1.34. The van der Waals surface area contributed by atoms with E-state index in [0.29, 0.717) is 22.9 Å². The van der Waals surface area contributed by atoms with Crippen LogP contribution in [-0.4, -0.2) is 46.0 Å². The second kappa shape index (κ2) is 22.5. The first-order chi connectivity index (χ1) is 22.1. The van der Waals surface area contributed by atoms with Crippen LogP contribution in [0.2, 0.25) is 6.82 Å². The molecule has 0 saturated carbocycles. The van der Waals surface area contributed by atoms with Crippen LogP contribution in [0.3, 0.4) is 0 Å². The van der Waals surface area contributed by atoms with E-state index in [4.69, 9.17) is 0 Å². The van der Waals surface area contributed by atoms with Gasteiger partial charge in [0, 0.05) is 47.6 Å². The number of unbranched alkanes of at least 4 members (excludes halogenated alkanes) is 1. The van der Waals surface area contributed by atoms with Gasteiger partial charge in [0.1, 0.15) is 5.78 Å². The van der Waals surface area contributed by atoms with Gasteiger partial charge in [-0.1, -0.05) is 79.4 Å². The number of Topliss-reactive ketones (excluding diaryl/α,β-unsaturated/α-hetero) is 1. The van der Waals surface area contributed by atoms with E-state index in [2.05, 4.69) is 40.5 Å².